The molecule has 0 bridgehead atoms. The van der Waals surface area contributed by atoms with Crippen LogP contribution in [0.1, 0.15) is 29.9 Å². The van der Waals surface area contributed by atoms with Gasteiger partial charge in [0.15, 0.2) is 0 Å². The number of nitrogens with one attached hydrogen (secondary N) is 2. The van der Waals surface area contributed by atoms with Crippen molar-refractivity contribution in [1.29, 1.82) is 0 Å². The number of aryl methyl sites for hydroxylation is 1. The molecule has 0 saturated carbocycles. The number of sulfonamides is 1. The van der Waals surface area contributed by atoms with Crippen LogP contribution in [0, 0.1) is 6.92 Å². The third-order valence-electron chi connectivity index (χ3n) is 3.42. The number of aromatic nitrogens is 1. The molecule has 23 heavy (non-hydrogen) atoms. The van der Waals surface area contributed by atoms with Crippen molar-refractivity contribution < 1.29 is 13.2 Å². The van der Waals surface area contributed by atoms with Crippen LogP contribution in [0.5, 0.6) is 0 Å². The van der Waals surface area contributed by atoms with Gasteiger partial charge in [-0.05, 0) is 32.4 Å². The lowest BCUT2D eigenvalue weighted by Crippen LogP contribution is -2.38. The number of carbonyl (C=O) groups excluding carboxylic acids is 1. The van der Waals surface area contributed by atoms with Crippen molar-refractivity contribution in [3.05, 3.63) is 58.0 Å². The highest BCUT2D eigenvalue weighted by Crippen LogP contribution is 2.21. The lowest BCUT2D eigenvalue weighted by molar-refractivity contribution is 0.0979. The van der Waals surface area contributed by atoms with Crippen LogP contribution >= 0.6 is 0 Å². The Morgan fingerprint density at radius 2 is 1.78 bits per heavy atom. The van der Waals surface area contributed by atoms with Crippen molar-refractivity contribution in [3.63, 3.8) is 0 Å². The summed E-state index contributed by atoms with van der Waals surface area (Å²) in [7, 11) is -3.80. The number of amides is 1. The van der Waals surface area contributed by atoms with Crippen molar-refractivity contribution in [2.75, 3.05) is 0 Å². The Morgan fingerprint density at radius 1 is 1.17 bits per heavy atom. The molecule has 1 amide bonds. The van der Waals surface area contributed by atoms with Crippen molar-refractivity contribution in [3.8, 4) is 11.1 Å². The Hall–Kier alpha value is -2.41. The quantitative estimate of drug-likeness (QED) is 0.891. The number of pyridine rings is 1. The molecule has 0 spiro atoms. The first kappa shape index (κ1) is 17.0. The first-order valence-electron chi connectivity index (χ1n) is 7.07. The van der Waals surface area contributed by atoms with Crippen molar-refractivity contribution in [2.45, 2.75) is 26.0 Å². The van der Waals surface area contributed by atoms with E-state index in [-0.39, 0.29) is 5.56 Å². The average Bonchev–Trinajstić information content (AvgIpc) is 2.47. The van der Waals surface area contributed by atoms with Gasteiger partial charge in [-0.25, -0.2) is 13.1 Å². The van der Waals surface area contributed by atoms with Crippen LogP contribution in [0.15, 0.2) is 41.2 Å². The van der Waals surface area contributed by atoms with Gasteiger partial charge >= 0.3 is 0 Å². The van der Waals surface area contributed by atoms with Crippen LogP contribution in [0.4, 0.5) is 0 Å². The van der Waals surface area contributed by atoms with Crippen LogP contribution in [0.25, 0.3) is 11.1 Å². The van der Waals surface area contributed by atoms with Gasteiger partial charge in [-0.15, -0.1) is 0 Å². The molecule has 1 aromatic carbocycles. The highest BCUT2D eigenvalue weighted by Gasteiger charge is 2.22. The van der Waals surface area contributed by atoms with E-state index in [1.807, 2.05) is 35.1 Å². The van der Waals surface area contributed by atoms with E-state index in [1.54, 1.807) is 6.92 Å². The van der Waals surface area contributed by atoms with Crippen LogP contribution < -0.4 is 10.3 Å². The van der Waals surface area contributed by atoms with Crippen LogP contribution in [-0.4, -0.2) is 24.6 Å². The van der Waals surface area contributed by atoms with Gasteiger partial charge in [0, 0.05) is 11.3 Å². The minimum atomic E-state index is -3.80. The van der Waals surface area contributed by atoms with Gasteiger partial charge in [-0.3, -0.25) is 9.59 Å². The minimum absolute atomic E-state index is 0.237. The van der Waals surface area contributed by atoms with E-state index in [2.05, 4.69) is 4.98 Å². The summed E-state index contributed by atoms with van der Waals surface area (Å²) in [6.07, 6.45) is 0. The van der Waals surface area contributed by atoms with Gasteiger partial charge in [-0.2, -0.15) is 0 Å². The molecule has 1 heterocycles. The minimum Gasteiger partial charge on any atom is -0.325 e. The topological polar surface area (TPSA) is 96.1 Å². The fourth-order valence-electron chi connectivity index (χ4n) is 2.01. The van der Waals surface area contributed by atoms with Gasteiger partial charge in [-0.1, -0.05) is 30.3 Å². The summed E-state index contributed by atoms with van der Waals surface area (Å²) in [6.45, 7) is 4.62. The molecule has 0 unspecified atom stereocenters. The molecule has 0 radical (unpaired) electrons. The number of hydrogen-bond donors (Lipinski definition) is 2. The van der Waals surface area contributed by atoms with Gasteiger partial charge in [0.05, 0.1) is 5.25 Å². The lowest BCUT2D eigenvalue weighted by atomic mass is 10.0. The number of hydrogen-bond acceptors (Lipinski definition) is 4. The molecule has 0 aliphatic heterocycles. The van der Waals surface area contributed by atoms with Crippen molar-refractivity contribution in [1.82, 2.24) is 9.71 Å². The molecule has 6 nitrogen and oxygen atoms in total. The molecule has 0 saturated heterocycles. The van der Waals surface area contributed by atoms with Gasteiger partial charge < -0.3 is 4.98 Å². The lowest BCUT2D eigenvalue weighted by Gasteiger charge is -2.11. The number of carbonyl (C=O) groups is 1. The second kappa shape index (κ2) is 6.37. The highest BCUT2D eigenvalue weighted by atomic mass is 32.2. The summed E-state index contributed by atoms with van der Waals surface area (Å²) in [5.74, 6) is -0.933. The van der Waals surface area contributed by atoms with E-state index in [0.717, 1.165) is 5.56 Å². The highest BCUT2D eigenvalue weighted by molar-refractivity contribution is 7.90. The summed E-state index contributed by atoms with van der Waals surface area (Å²) in [5, 5.41) is -0.774. The Morgan fingerprint density at radius 3 is 2.35 bits per heavy atom. The standard InChI is InChI=1S/C16H18N2O4S/c1-10(2)23(21,22)18-16(20)14-9-13(11(3)17-15(14)19)12-7-5-4-6-8-12/h4-10H,1-3H3,(H,17,19)(H,18,20). The third-order valence-corrected chi connectivity index (χ3v) is 5.13. The van der Waals surface area contributed by atoms with E-state index in [4.69, 9.17) is 0 Å². The first-order chi connectivity index (χ1) is 10.7. The molecule has 0 fully saturated rings. The summed E-state index contributed by atoms with van der Waals surface area (Å²) in [5.41, 5.74) is 1.22. The number of benzene rings is 1. The van der Waals surface area contributed by atoms with Gasteiger partial charge in [0.1, 0.15) is 5.56 Å². The Balaban J connectivity index is 2.48. The SMILES string of the molecule is Cc1[nH]c(=O)c(C(=O)NS(=O)(=O)C(C)C)cc1-c1ccccc1. The molecule has 2 rings (SSSR count). The Bertz CT molecular complexity index is 884. The maximum atomic E-state index is 12.2. The summed E-state index contributed by atoms with van der Waals surface area (Å²) in [4.78, 5) is 26.8. The number of H-pyrrole nitrogens is 1. The normalized spacial score (nSPS) is 11.5. The zero-order chi connectivity index (χ0) is 17.2. The smallest absolute Gasteiger partial charge is 0.270 e. The fraction of sp³-hybridized carbons (Fsp3) is 0.250. The number of rotatable bonds is 4. The van der Waals surface area contributed by atoms with Gasteiger partial charge in [0.2, 0.25) is 10.0 Å². The Kier molecular flexibility index (Phi) is 4.70. The summed E-state index contributed by atoms with van der Waals surface area (Å²) in [6, 6.07) is 10.6. The zero-order valence-corrected chi connectivity index (χ0v) is 13.9. The van der Waals surface area contributed by atoms with E-state index in [1.165, 1.54) is 19.9 Å². The predicted molar refractivity (Wildman–Crippen MR) is 88.8 cm³/mol. The molecular weight excluding hydrogens is 316 g/mol. The van der Waals surface area contributed by atoms with E-state index < -0.39 is 26.7 Å². The van der Waals surface area contributed by atoms with E-state index >= 15 is 0 Å². The summed E-state index contributed by atoms with van der Waals surface area (Å²) >= 11 is 0. The average molecular weight is 334 g/mol. The number of aromatic amines is 1. The largest absolute Gasteiger partial charge is 0.325 e. The zero-order valence-electron chi connectivity index (χ0n) is 13.1. The van der Waals surface area contributed by atoms with Gasteiger partial charge in [0.25, 0.3) is 11.5 Å². The molecule has 0 aliphatic rings. The molecule has 2 aromatic rings. The summed E-state index contributed by atoms with van der Waals surface area (Å²) < 4.78 is 25.5. The maximum absolute atomic E-state index is 12.2. The molecule has 0 atom stereocenters. The molecule has 1 aromatic heterocycles. The second-order valence-electron chi connectivity index (χ2n) is 5.44. The van der Waals surface area contributed by atoms with Crippen LogP contribution in [-0.2, 0) is 10.0 Å². The molecular formula is C16H18N2O4S. The van der Waals surface area contributed by atoms with Crippen molar-refractivity contribution >= 4 is 15.9 Å². The fourth-order valence-corrected chi connectivity index (χ4v) is 2.62. The maximum Gasteiger partial charge on any atom is 0.270 e. The first-order valence-corrected chi connectivity index (χ1v) is 8.62. The molecule has 122 valence electrons. The van der Waals surface area contributed by atoms with E-state index in [9.17, 15) is 18.0 Å². The van der Waals surface area contributed by atoms with Crippen LogP contribution in [0.2, 0.25) is 0 Å². The Labute approximate surface area is 134 Å². The molecule has 0 aliphatic carbocycles. The molecule has 7 heteroatoms. The second-order valence-corrected chi connectivity index (χ2v) is 7.68. The predicted octanol–water partition coefficient (Wildman–Crippen LogP) is 1.82. The molecule has 2 N–H and O–H groups in total. The third kappa shape index (κ3) is 3.68. The van der Waals surface area contributed by atoms with Crippen molar-refractivity contribution in [2.24, 2.45) is 0 Å². The van der Waals surface area contributed by atoms with E-state index in [0.29, 0.717) is 11.3 Å². The monoisotopic (exact) mass is 334 g/mol. The van der Waals surface area contributed by atoms with Crippen LogP contribution in [0.3, 0.4) is 0 Å².